The van der Waals surface area contributed by atoms with E-state index in [1.54, 1.807) is 4.90 Å². The Morgan fingerprint density at radius 3 is 2.29 bits per heavy atom. The summed E-state index contributed by atoms with van der Waals surface area (Å²) in [5.41, 5.74) is 2.43. The number of nitrogens with zero attached hydrogens (tertiary/aromatic N) is 1. The summed E-state index contributed by atoms with van der Waals surface area (Å²) in [5, 5.41) is 2.99. The fourth-order valence-corrected chi connectivity index (χ4v) is 3.42. The zero-order valence-corrected chi connectivity index (χ0v) is 16.5. The average Bonchev–Trinajstić information content (AvgIpc) is 2.35. The Morgan fingerprint density at radius 2 is 1.79 bits per heavy atom. The molecule has 1 aliphatic heterocycles. The normalized spacial score (nSPS) is 15.0. The van der Waals surface area contributed by atoms with Crippen molar-refractivity contribution in [3.05, 3.63) is 27.7 Å². The molecule has 1 saturated heterocycles. The van der Waals surface area contributed by atoms with E-state index in [0.717, 1.165) is 21.3 Å². The topological polar surface area (TPSA) is 58.6 Å². The molecule has 1 aromatic carbocycles. The van der Waals surface area contributed by atoms with Gasteiger partial charge in [0, 0.05) is 35.6 Å². The van der Waals surface area contributed by atoms with Crippen LogP contribution in [0.5, 0.6) is 0 Å². The predicted octanol–water partition coefficient (Wildman–Crippen LogP) is 4.26. The number of nitrogens with one attached hydrogen (secondary N) is 1. The van der Waals surface area contributed by atoms with Crippen molar-refractivity contribution in [2.75, 3.05) is 18.4 Å². The molecule has 0 spiro atoms. The zero-order chi connectivity index (χ0) is 18.1. The third-order valence-electron chi connectivity index (χ3n) is 3.84. The molecule has 0 bridgehead atoms. The number of rotatable bonds is 3. The molecule has 2 rings (SSSR count). The molecule has 6 heteroatoms. The molecule has 0 aromatic heterocycles. The lowest BCUT2D eigenvalue weighted by Gasteiger charge is -2.39. The van der Waals surface area contributed by atoms with Crippen molar-refractivity contribution in [2.45, 2.75) is 46.6 Å². The molecular weight excluding hydrogens is 372 g/mol. The first kappa shape index (κ1) is 18.8. The Morgan fingerprint density at radius 1 is 1.25 bits per heavy atom. The highest BCUT2D eigenvalue weighted by Gasteiger charge is 2.34. The van der Waals surface area contributed by atoms with Gasteiger partial charge in [0.25, 0.3) is 0 Å². The van der Waals surface area contributed by atoms with Gasteiger partial charge in [-0.2, -0.15) is 0 Å². The number of amides is 2. The van der Waals surface area contributed by atoms with Gasteiger partial charge in [-0.15, -0.1) is 0 Å². The molecule has 132 valence electrons. The van der Waals surface area contributed by atoms with Crippen molar-refractivity contribution in [1.29, 1.82) is 0 Å². The lowest BCUT2D eigenvalue weighted by Crippen LogP contribution is -2.52. The summed E-state index contributed by atoms with van der Waals surface area (Å²) in [6, 6.07) is 3.96. The second kappa shape index (κ2) is 7.13. The monoisotopic (exact) mass is 396 g/mol. The Bertz CT molecular complexity index is 623. The van der Waals surface area contributed by atoms with Gasteiger partial charge in [0.05, 0.1) is 0 Å². The molecule has 1 heterocycles. The van der Waals surface area contributed by atoms with Crippen molar-refractivity contribution >= 4 is 33.6 Å². The van der Waals surface area contributed by atoms with Gasteiger partial charge < -0.3 is 15.0 Å². The molecule has 0 atom stereocenters. The summed E-state index contributed by atoms with van der Waals surface area (Å²) in [4.78, 5) is 25.8. The van der Waals surface area contributed by atoms with Gasteiger partial charge in [0.15, 0.2) is 0 Å². The number of hydrogen-bond donors (Lipinski definition) is 1. The Labute approximate surface area is 151 Å². The number of likely N-dealkylation sites (tertiary alicyclic amines) is 1. The summed E-state index contributed by atoms with van der Waals surface area (Å²) >= 11 is 3.45. The number of ether oxygens (including phenoxy) is 1. The highest BCUT2D eigenvalue weighted by molar-refractivity contribution is 9.10. The molecule has 0 unspecified atom stereocenters. The summed E-state index contributed by atoms with van der Waals surface area (Å²) in [6.45, 7) is 10.6. The van der Waals surface area contributed by atoms with E-state index in [9.17, 15) is 9.59 Å². The number of carbonyl (C=O) groups excluding carboxylic acids is 2. The highest BCUT2D eigenvalue weighted by atomic mass is 79.9. The number of anilines is 1. The van der Waals surface area contributed by atoms with Crippen LogP contribution in [0.1, 0.15) is 38.3 Å². The van der Waals surface area contributed by atoms with Crippen molar-refractivity contribution in [1.82, 2.24) is 4.90 Å². The summed E-state index contributed by atoms with van der Waals surface area (Å²) in [7, 11) is 0. The molecule has 1 N–H and O–H groups in total. The smallest absolute Gasteiger partial charge is 0.410 e. The minimum Gasteiger partial charge on any atom is -0.444 e. The van der Waals surface area contributed by atoms with E-state index in [-0.39, 0.29) is 17.9 Å². The molecule has 0 aliphatic carbocycles. The first-order valence-electron chi connectivity index (χ1n) is 8.09. The zero-order valence-electron chi connectivity index (χ0n) is 14.9. The van der Waals surface area contributed by atoms with Gasteiger partial charge in [-0.3, -0.25) is 4.79 Å². The summed E-state index contributed by atoms with van der Waals surface area (Å²) in [5.74, 6) is 0.172. The molecule has 2 amide bonds. The maximum absolute atomic E-state index is 12.3. The Hall–Kier alpha value is -1.56. The van der Waals surface area contributed by atoms with Gasteiger partial charge >= 0.3 is 6.09 Å². The minimum atomic E-state index is -0.490. The van der Waals surface area contributed by atoms with Crippen LogP contribution in [0.3, 0.4) is 0 Å². The van der Waals surface area contributed by atoms with Crippen LogP contribution in [0.15, 0.2) is 16.6 Å². The van der Waals surface area contributed by atoms with Gasteiger partial charge in [0.1, 0.15) is 5.60 Å². The second-order valence-electron chi connectivity index (χ2n) is 7.42. The molecular formula is C18H25BrN2O3. The number of carbonyl (C=O) groups is 2. The maximum atomic E-state index is 12.3. The highest BCUT2D eigenvalue weighted by Crippen LogP contribution is 2.27. The average molecular weight is 397 g/mol. The van der Waals surface area contributed by atoms with Gasteiger partial charge in [0.2, 0.25) is 5.91 Å². The van der Waals surface area contributed by atoms with Crippen LogP contribution in [0.25, 0.3) is 0 Å². The van der Waals surface area contributed by atoms with E-state index < -0.39 is 5.60 Å². The molecule has 0 saturated carbocycles. The van der Waals surface area contributed by atoms with Crippen molar-refractivity contribution in [3.8, 4) is 0 Å². The minimum absolute atomic E-state index is 0.0163. The Balaban J connectivity index is 1.83. The number of aryl methyl sites for hydroxylation is 2. The fourth-order valence-electron chi connectivity index (χ4n) is 2.74. The number of halogens is 1. The third-order valence-corrected chi connectivity index (χ3v) is 4.30. The summed E-state index contributed by atoms with van der Waals surface area (Å²) < 4.78 is 6.32. The molecule has 0 radical (unpaired) electrons. The van der Waals surface area contributed by atoms with Gasteiger partial charge in [-0.25, -0.2) is 4.79 Å². The largest absolute Gasteiger partial charge is 0.444 e. The van der Waals surface area contributed by atoms with Crippen molar-refractivity contribution < 1.29 is 14.3 Å². The van der Waals surface area contributed by atoms with Crippen molar-refractivity contribution in [3.63, 3.8) is 0 Å². The van der Waals surface area contributed by atoms with Crippen molar-refractivity contribution in [2.24, 2.45) is 5.92 Å². The molecule has 24 heavy (non-hydrogen) atoms. The molecule has 5 nitrogen and oxygen atoms in total. The third kappa shape index (κ3) is 4.97. The lowest BCUT2D eigenvalue weighted by atomic mass is 9.96. The van der Waals surface area contributed by atoms with Crippen LogP contribution in [-0.2, 0) is 9.53 Å². The van der Waals surface area contributed by atoms with E-state index in [0.29, 0.717) is 19.5 Å². The quantitative estimate of drug-likeness (QED) is 0.829. The van der Waals surface area contributed by atoms with Crippen LogP contribution in [0.4, 0.5) is 10.5 Å². The molecule has 1 aliphatic rings. The fraction of sp³-hybridized carbons (Fsp3) is 0.556. The van der Waals surface area contributed by atoms with Crippen LogP contribution < -0.4 is 5.32 Å². The molecule has 1 fully saturated rings. The van der Waals surface area contributed by atoms with E-state index in [1.807, 2.05) is 46.8 Å². The van der Waals surface area contributed by atoms with Gasteiger partial charge in [-0.05, 0) is 57.9 Å². The number of benzene rings is 1. The first-order chi connectivity index (χ1) is 11.0. The van der Waals surface area contributed by atoms with E-state index in [4.69, 9.17) is 4.74 Å². The Kier molecular flexibility index (Phi) is 5.58. The second-order valence-corrected chi connectivity index (χ2v) is 8.33. The van der Waals surface area contributed by atoms with E-state index in [1.165, 1.54) is 0 Å². The standard InChI is InChI=1S/C18H25BrN2O3/c1-11-6-14(19)7-12(2)16(11)20-15(22)8-13-9-21(10-13)17(23)24-18(3,4)5/h6-7,13H,8-10H2,1-5H3,(H,20,22). The van der Waals surface area contributed by atoms with Crippen LogP contribution in [0.2, 0.25) is 0 Å². The van der Waals surface area contributed by atoms with E-state index >= 15 is 0 Å². The summed E-state index contributed by atoms with van der Waals surface area (Å²) in [6.07, 6.45) is 0.104. The SMILES string of the molecule is Cc1cc(Br)cc(C)c1NC(=O)CC1CN(C(=O)OC(C)(C)C)C1. The van der Waals surface area contributed by atoms with Gasteiger partial charge in [-0.1, -0.05) is 15.9 Å². The van der Waals surface area contributed by atoms with E-state index in [2.05, 4.69) is 21.2 Å². The lowest BCUT2D eigenvalue weighted by molar-refractivity contribution is -0.118. The van der Waals surface area contributed by atoms with Crippen LogP contribution >= 0.6 is 15.9 Å². The maximum Gasteiger partial charge on any atom is 0.410 e. The first-order valence-corrected chi connectivity index (χ1v) is 8.89. The predicted molar refractivity (Wildman–Crippen MR) is 98.2 cm³/mol. The molecule has 1 aromatic rings. The number of hydrogen-bond acceptors (Lipinski definition) is 3. The van der Waals surface area contributed by atoms with Crippen LogP contribution in [0, 0.1) is 19.8 Å². The van der Waals surface area contributed by atoms with Crippen LogP contribution in [-0.4, -0.2) is 35.6 Å².